The second-order valence-corrected chi connectivity index (χ2v) is 5.33. The van der Waals surface area contributed by atoms with Crippen LogP contribution in [0.2, 0.25) is 0 Å². The summed E-state index contributed by atoms with van der Waals surface area (Å²) in [6.07, 6.45) is -0.0807. The van der Waals surface area contributed by atoms with E-state index in [0.29, 0.717) is 11.1 Å². The molecule has 2 rings (SSSR count). The Hall–Kier alpha value is -2.31. The predicted molar refractivity (Wildman–Crippen MR) is 80.8 cm³/mol. The zero-order valence-electron chi connectivity index (χ0n) is 12.1. The molecule has 0 amide bonds. The highest BCUT2D eigenvalue weighted by molar-refractivity contribution is 5.41. The second-order valence-electron chi connectivity index (χ2n) is 5.33. The van der Waals surface area contributed by atoms with E-state index in [-0.39, 0.29) is 17.9 Å². The maximum Gasteiger partial charge on any atom is 0.272 e. The van der Waals surface area contributed by atoms with Gasteiger partial charge in [0.05, 0.1) is 4.92 Å². The van der Waals surface area contributed by atoms with Crippen LogP contribution in [-0.2, 0) is 6.42 Å². The van der Waals surface area contributed by atoms with Crippen LogP contribution in [-0.4, -0.2) is 15.8 Å². The highest BCUT2D eigenvalue weighted by atomic mass is 19.1. The lowest BCUT2D eigenvalue weighted by molar-refractivity contribution is -0.385. The Kier molecular flexibility index (Phi) is 4.54. The minimum atomic E-state index is -1.69. The van der Waals surface area contributed by atoms with E-state index >= 15 is 0 Å². The molecule has 22 heavy (non-hydrogen) atoms. The van der Waals surface area contributed by atoms with Gasteiger partial charge in [0.25, 0.3) is 5.69 Å². The first-order valence-electron chi connectivity index (χ1n) is 6.80. The number of hydrogen-bond donors (Lipinski definition) is 2. The Balaban J connectivity index is 2.27. The number of nitro groups is 1. The molecule has 3 N–H and O–H groups in total. The van der Waals surface area contributed by atoms with Gasteiger partial charge in [0.1, 0.15) is 11.5 Å². The molecule has 2 aromatic rings. The zero-order chi connectivity index (χ0) is 16.3. The van der Waals surface area contributed by atoms with Crippen LogP contribution in [0.1, 0.15) is 24.0 Å². The summed E-state index contributed by atoms with van der Waals surface area (Å²) in [5, 5.41) is 21.6. The molecule has 0 saturated carbocycles. The number of rotatable bonds is 5. The van der Waals surface area contributed by atoms with Crippen molar-refractivity contribution < 1.29 is 14.4 Å². The summed E-state index contributed by atoms with van der Waals surface area (Å²) in [6.45, 7) is 1.70. The molecular formula is C16H17FN2O3. The molecule has 0 aromatic heterocycles. The van der Waals surface area contributed by atoms with Crippen LogP contribution in [0.5, 0.6) is 0 Å². The molecule has 2 unspecified atom stereocenters. The largest absolute Gasteiger partial charge is 0.375 e. The van der Waals surface area contributed by atoms with E-state index in [1.165, 1.54) is 30.3 Å². The first-order valence-corrected chi connectivity index (χ1v) is 6.80. The van der Waals surface area contributed by atoms with Crippen LogP contribution >= 0.6 is 0 Å². The quantitative estimate of drug-likeness (QED) is 0.505. The Morgan fingerprint density at radius 3 is 2.45 bits per heavy atom. The van der Waals surface area contributed by atoms with Gasteiger partial charge in [-0.25, -0.2) is 4.39 Å². The lowest BCUT2D eigenvalue weighted by Gasteiger charge is -2.30. The first kappa shape index (κ1) is 16.1. The van der Waals surface area contributed by atoms with E-state index in [0.717, 1.165) is 0 Å². The number of nitrogens with two attached hydrogens (primary N) is 1. The van der Waals surface area contributed by atoms with Crippen molar-refractivity contribution in [2.75, 3.05) is 0 Å². The average molecular weight is 304 g/mol. The molecule has 116 valence electrons. The first-order chi connectivity index (χ1) is 10.3. The van der Waals surface area contributed by atoms with Crippen LogP contribution in [0.3, 0.4) is 0 Å². The van der Waals surface area contributed by atoms with Gasteiger partial charge >= 0.3 is 0 Å². The van der Waals surface area contributed by atoms with Crippen molar-refractivity contribution in [3.8, 4) is 0 Å². The summed E-state index contributed by atoms with van der Waals surface area (Å²) in [5.41, 5.74) is 5.21. The minimum Gasteiger partial charge on any atom is -0.375 e. The predicted octanol–water partition coefficient (Wildman–Crippen LogP) is 2.73. The van der Waals surface area contributed by atoms with Crippen LogP contribution in [0.25, 0.3) is 0 Å². The molecule has 0 aliphatic rings. The molecule has 0 aliphatic carbocycles. The highest BCUT2D eigenvalue weighted by Gasteiger charge is 2.32. The number of nitro benzene ring substituents is 1. The average Bonchev–Trinajstić information content (AvgIpc) is 2.47. The molecule has 5 nitrogen and oxygen atoms in total. The summed E-state index contributed by atoms with van der Waals surface area (Å²) in [4.78, 5) is 10.5. The van der Waals surface area contributed by atoms with Crippen LogP contribution in [0, 0.1) is 15.9 Å². The van der Waals surface area contributed by atoms with E-state index in [2.05, 4.69) is 0 Å². The number of aliphatic hydroxyl groups is 1. The van der Waals surface area contributed by atoms with Crippen molar-refractivity contribution in [3.05, 3.63) is 75.6 Å². The Morgan fingerprint density at radius 1 is 1.27 bits per heavy atom. The summed E-state index contributed by atoms with van der Waals surface area (Å²) < 4.78 is 13.0. The molecule has 0 aliphatic heterocycles. The van der Waals surface area contributed by atoms with Gasteiger partial charge < -0.3 is 10.8 Å². The lowest BCUT2D eigenvalue weighted by atomic mass is 9.86. The Labute approximate surface area is 127 Å². The fraction of sp³-hybridized carbons (Fsp3) is 0.250. The van der Waals surface area contributed by atoms with Gasteiger partial charge in [0.2, 0.25) is 0 Å². The molecule has 0 spiro atoms. The van der Waals surface area contributed by atoms with Gasteiger partial charge in [-0.05, 0) is 17.7 Å². The van der Waals surface area contributed by atoms with Gasteiger partial charge in [-0.15, -0.1) is 0 Å². The second kappa shape index (κ2) is 6.21. The third kappa shape index (κ3) is 3.47. The Bertz CT molecular complexity index is 671. The topological polar surface area (TPSA) is 89.4 Å². The van der Waals surface area contributed by atoms with Crippen molar-refractivity contribution >= 4 is 5.69 Å². The van der Waals surface area contributed by atoms with Gasteiger partial charge in [-0.3, -0.25) is 10.1 Å². The highest BCUT2D eigenvalue weighted by Crippen LogP contribution is 2.30. The maximum atomic E-state index is 13.0. The molecule has 2 atom stereocenters. The van der Waals surface area contributed by atoms with Gasteiger partial charge in [0.15, 0.2) is 0 Å². The van der Waals surface area contributed by atoms with Gasteiger partial charge in [-0.2, -0.15) is 0 Å². The number of benzene rings is 2. The van der Waals surface area contributed by atoms with Crippen molar-refractivity contribution in [1.82, 2.24) is 0 Å². The summed E-state index contributed by atoms with van der Waals surface area (Å²) in [5.74, 6) is -0.900. The standard InChI is InChI=1S/C16H17FN2O3/c1-11(12-6-8-14(17)9-7-12)16(18,20)10-13-4-2-3-5-15(13)19(21)22/h2-9,11,20H,10,18H2,1H3. The smallest absolute Gasteiger partial charge is 0.272 e. The van der Waals surface area contributed by atoms with Gasteiger partial charge in [0, 0.05) is 24.0 Å². The third-order valence-corrected chi connectivity index (χ3v) is 3.78. The van der Waals surface area contributed by atoms with Crippen LogP contribution < -0.4 is 5.73 Å². The molecule has 2 aromatic carbocycles. The van der Waals surface area contributed by atoms with E-state index in [4.69, 9.17) is 5.73 Å². The van der Waals surface area contributed by atoms with Crippen molar-refractivity contribution in [3.63, 3.8) is 0 Å². The fourth-order valence-electron chi connectivity index (χ4n) is 2.34. The maximum absolute atomic E-state index is 13.0. The molecular weight excluding hydrogens is 287 g/mol. The molecule has 0 fully saturated rings. The van der Waals surface area contributed by atoms with Crippen molar-refractivity contribution in [2.45, 2.75) is 25.0 Å². The normalized spacial score (nSPS) is 15.1. The fourth-order valence-corrected chi connectivity index (χ4v) is 2.34. The van der Waals surface area contributed by atoms with E-state index in [9.17, 15) is 19.6 Å². The van der Waals surface area contributed by atoms with Crippen LogP contribution in [0.15, 0.2) is 48.5 Å². The molecule has 0 radical (unpaired) electrons. The van der Waals surface area contributed by atoms with Crippen LogP contribution in [0.4, 0.5) is 10.1 Å². The molecule has 0 saturated heterocycles. The van der Waals surface area contributed by atoms with Gasteiger partial charge in [-0.1, -0.05) is 37.3 Å². The Morgan fingerprint density at radius 2 is 1.86 bits per heavy atom. The molecule has 0 heterocycles. The van der Waals surface area contributed by atoms with Crippen molar-refractivity contribution in [1.29, 1.82) is 0 Å². The number of halogens is 1. The van der Waals surface area contributed by atoms with Crippen molar-refractivity contribution in [2.24, 2.45) is 5.73 Å². The summed E-state index contributed by atoms with van der Waals surface area (Å²) >= 11 is 0. The van der Waals surface area contributed by atoms with E-state index in [1.54, 1.807) is 25.1 Å². The number of nitrogens with zero attached hydrogens (tertiary/aromatic N) is 1. The lowest BCUT2D eigenvalue weighted by Crippen LogP contribution is -2.46. The zero-order valence-corrected chi connectivity index (χ0v) is 12.1. The summed E-state index contributed by atoms with van der Waals surface area (Å²) in [7, 11) is 0. The SMILES string of the molecule is CC(c1ccc(F)cc1)C(N)(O)Cc1ccccc1[N+](=O)[O-]. The number of para-hydroxylation sites is 1. The summed E-state index contributed by atoms with van der Waals surface area (Å²) in [6, 6.07) is 11.8. The van der Waals surface area contributed by atoms with E-state index < -0.39 is 16.6 Å². The molecule has 6 heteroatoms. The third-order valence-electron chi connectivity index (χ3n) is 3.78. The monoisotopic (exact) mass is 304 g/mol. The minimum absolute atomic E-state index is 0.0807. The van der Waals surface area contributed by atoms with E-state index in [1.807, 2.05) is 0 Å². The molecule has 0 bridgehead atoms. The number of hydrogen-bond acceptors (Lipinski definition) is 4.